The van der Waals surface area contributed by atoms with E-state index in [-0.39, 0.29) is 11.5 Å². The summed E-state index contributed by atoms with van der Waals surface area (Å²) in [6.07, 6.45) is 0.430. The molecule has 0 spiro atoms. The molecular formula is C12H20N2O3S. The Labute approximate surface area is 108 Å². The Morgan fingerprint density at radius 2 is 2.00 bits per heavy atom. The van der Waals surface area contributed by atoms with E-state index in [4.69, 9.17) is 5.11 Å². The van der Waals surface area contributed by atoms with Crippen molar-refractivity contribution >= 4 is 15.7 Å². The number of hydrogen-bond acceptors (Lipinski definition) is 4. The number of nitrogens with one attached hydrogen (secondary N) is 1. The lowest BCUT2D eigenvalue weighted by Crippen LogP contribution is -2.29. The summed E-state index contributed by atoms with van der Waals surface area (Å²) in [6, 6.07) is 6.83. The smallest absolute Gasteiger partial charge is 0.244 e. The van der Waals surface area contributed by atoms with Crippen molar-refractivity contribution in [2.75, 3.05) is 32.1 Å². The summed E-state index contributed by atoms with van der Waals surface area (Å²) in [7, 11) is -1.98. The second kappa shape index (κ2) is 6.72. The number of nitrogens with zero attached hydrogens (tertiary/aromatic N) is 1. The summed E-state index contributed by atoms with van der Waals surface area (Å²) in [6.45, 7) is 2.86. The summed E-state index contributed by atoms with van der Waals surface area (Å²) >= 11 is 0. The predicted molar refractivity (Wildman–Crippen MR) is 72.1 cm³/mol. The Hall–Kier alpha value is -1.11. The summed E-state index contributed by atoms with van der Waals surface area (Å²) in [5, 5.41) is 11.8. The Morgan fingerprint density at radius 1 is 1.33 bits per heavy atom. The van der Waals surface area contributed by atoms with Crippen molar-refractivity contribution in [2.24, 2.45) is 0 Å². The molecule has 1 aromatic carbocycles. The van der Waals surface area contributed by atoms with Crippen LogP contribution in [-0.2, 0) is 10.0 Å². The molecule has 2 N–H and O–H groups in total. The minimum Gasteiger partial charge on any atom is -0.396 e. The quantitative estimate of drug-likeness (QED) is 0.780. The minimum absolute atomic E-state index is 0.0191. The van der Waals surface area contributed by atoms with E-state index in [1.807, 2.05) is 6.92 Å². The molecule has 0 heterocycles. The van der Waals surface area contributed by atoms with Gasteiger partial charge in [0.1, 0.15) is 4.90 Å². The van der Waals surface area contributed by atoms with Gasteiger partial charge in [-0.05, 0) is 25.5 Å². The van der Waals surface area contributed by atoms with Crippen LogP contribution in [0.25, 0.3) is 0 Å². The van der Waals surface area contributed by atoms with E-state index >= 15 is 0 Å². The normalized spacial score (nSPS) is 11.8. The van der Waals surface area contributed by atoms with E-state index in [0.717, 1.165) is 0 Å². The first-order valence-electron chi connectivity index (χ1n) is 5.94. The molecular weight excluding hydrogens is 252 g/mol. The highest BCUT2D eigenvalue weighted by molar-refractivity contribution is 7.89. The molecule has 5 nitrogen and oxygen atoms in total. The van der Waals surface area contributed by atoms with Gasteiger partial charge in [-0.25, -0.2) is 12.7 Å². The first-order valence-corrected chi connectivity index (χ1v) is 7.38. The van der Waals surface area contributed by atoms with E-state index < -0.39 is 10.0 Å². The molecule has 0 aliphatic heterocycles. The zero-order valence-corrected chi connectivity index (χ0v) is 11.6. The maximum Gasteiger partial charge on any atom is 0.244 e. The summed E-state index contributed by atoms with van der Waals surface area (Å²) in [5.74, 6) is 0. The number of para-hydroxylation sites is 1. The summed E-state index contributed by atoms with van der Waals surface area (Å²) in [5.41, 5.74) is 0.607. The van der Waals surface area contributed by atoms with Gasteiger partial charge in [-0.2, -0.15) is 0 Å². The van der Waals surface area contributed by atoms with Crippen LogP contribution in [0.15, 0.2) is 29.2 Å². The molecule has 0 aromatic heterocycles. The van der Waals surface area contributed by atoms with Gasteiger partial charge in [0.2, 0.25) is 10.0 Å². The Bertz CT molecular complexity index is 474. The molecule has 1 rings (SSSR count). The van der Waals surface area contributed by atoms with E-state index in [0.29, 0.717) is 25.2 Å². The summed E-state index contributed by atoms with van der Waals surface area (Å²) < 4.78 is 25.9. The monoisotopic (exact) mass is 272 g/mol. The molecule has 0 unspecified atom stereocenters. The molecule has 0 atom stereocenters. The van der Waals surface area contributed by atoms with E-state index in [2.05, 4.69) is 5.32 Å². The number of anilines is 1. The highest BCUT2D eigenvalue weighted by atomic mass is 32.2. The fourth-order valence-corrected chi connectivity index (χ4v) is 2.98. The molecule has 0 saturated carbocycles. The van der Waals surface area contributed by atoms with Crippen LogP contribution in [0, 0.1) is 0 Å². The molecule has 102 valence electrons. The lowest BCUT2D eigenvalue weighted by Gasteiger charge is -2.19. The van der Waals surface area contributed by atoms with Crippen molar-refractivity contribution < 1.29 is 13.5 Å². The highest BCUT2D eigenvalue weighted by Gasteiger charge is 2.22. The lowest BCUT2D eigenvalue weighted by molar-refractivity contribution is 0.275. The van der Waals surface area contributed by atoms with Crippen molar-refractivity contribution in [1.29, 1.82) is 0 Å². The lowest BCUT2D eigenvalue weighted by atomic mass is 10.3. The van der Waals surface area contributed by atoms with Crippen LogP contribution in [-0.4, -0.2) is 44.6 Å². The van der Waals surface area contributed by atoms with Crippen LogP contribution in [0.1, 0.15) is 13.3 Å². The number of rotatable bonds is 7. The van der Waals surface area contributed by atoms with Gasteiger partial charge in [0.15, 0.2) is 0 Å². The topological polar surface area (TPSA) is 69.6 Å². The first-order chi connectivity index (χ1) is 8.54. The molecule has 0 amide bonds. The highest BCUT2D eigenvalue weighted by Crippen LogP contribution is 2.23. The number of hydrogen-bond donors (Lipinski definition) is 2. The van der Waals surface area contributed by atoms with E-state index in [9.17, 15) is 8.42 Å². The van der Waals surface area contributed by atoms with E-state index in [1.165, 1.54) is 11.4 Å². The minimum atomic E-state index is -3.50. The molecule has 1 aromatic rings. The van der Waals surface area contributed by atoms with Gasteiger partial charge in [-0.3, -0.25) is 0 Å². The third kappa shape index (κ3) is 3.44. The van der Waals surface area contributed by atoms with Crippen LogP contribution in [0.3, 0.4) is 0 Å². The number of aliphatic hydroxyl groups is 1. The molecule has 0 saturated heterocycles. The fraction of sp³-hybridized carbons (Fsp3) is 0.500. The molecule has 0 aliphatic carbocycles. The molecule has 0 radical (unpaired) electrons. The average Bonchev–Trinajstić information content (AvgIpc) is 2.36. The number of aliphatic hydroxyl groups excluding tert-OH is 1. The van der Waals surface area contributed by atoms with E-state index in [1.54, 1.807) is 24.3 Å². The van der Waals surface area contributed by atoms with Gasteiger partial charge in [-0.1, -0.05) is 12.1 Å². The molecule has 6 heteroatoms. The number of benzene rings is 1. The maximum atomic E-state index is 12.3. The third-order valence-corrected chi connectivity index (χ3v) is 4.49. The van der Waals surface area contributed by atoms with Crippen molar-refractivity contribution in [3.8, 4) is 0 Å². The first kappa shape index (κ1) is 14.9. The van der Waals surface area contributed by atoms with Crippen molar-refractivity contribution in [3.05, 3.63) is 24.3 Å². The van der Waals surface area contributed by atoms with Crippen LogP contribution in [0.2, 0.25) is 0 Å². The molecule has 0 bridgehead atoms. The van der Waals surface area contributed by atoms with Crippen LogP contribution in [0.5, 0.6) is 0 Å². The Balaban J connectivity index is 3.04. The SMILES string of the molecule is CCNc1ccccc1S(=O)(=O)N(C)CCCO. The zero-order valence-electron chi connectivity index (χ0n) is 10.8. The molecule has 0 fully saturated rings. The van der Waals surface area contributed by atoms with Gasteiger partial charge in [0.05, 0.1) is 5.69 Å². The second-order valence-electron chi connectivity index (χ2n) is 3.93. The molecule has 18 heavy (non-hydrogen) atoms. The van der Waals surface area contributed by atoms with Gasteiger partial charge in [0.25, 0.3) is 0 Å². The molecule has 0 aliphatic rings. The largest absolute Gasteiger partial charge is 0.396 e. The maximum absolute atomic E-state index is 12.3. The van der Waals surface area contributed by atoms with Crippen LogP contribution < -0.4 is 5.32 Å². The van der Waals surface area contributed by atoms with Crippen molar-refractivity contribution in [3.63, 3.8) is 0 Å². The zero-order chi connectivity index (χ0) is 13.6. The van der Waals surface area contributed by atoms with Crippen molar-refractivity contribution in [2.45, 2.75) is 18.2 Å². The van der Waals surface area contributed by atoms with Crippen LogP contribution in [0.4, 0.5) is 5.69 Å². The number of sulfonamides is 1. The Kier molecular flexibility index (Phi) is 5.58. The van der Waals surface area contributed by atoms with Gasteiger partial charge in [-0.15, -0.1) is 0 Å². The Morgan fingerprint density at radius 3 is 2.61 bits per heavy atom. The third-order valence-electron chi connectivity index (χ3n) is 2.57. The van der Waals surface area contributed by atoms with Gasteiger partial charge >= 0.3 is 0 Å². The van der Waals surface area contributed by atoms with Crippen LogP contribution >= 0.6 is 0 Å². The fourth-order valence-electron chi connectivity index (χ4n) is 1.61. The predicted octanol–water partition coefficient (Wildman–Crippen LogP) is 1.12. The van der Waals surface area contributed by atoms with Gasteiger partial charge < -0.3 is 10.4 Å². The summed E-state index contributed by atoms with van der Waals surface area (Å²) in [4.78, 5) is 0.271. The average molecular weight is 272 g/mol. The van der Waals surface area contributed by atoms with Gasteiger partial charge in [0, 0.05) is 26.7 Å². The standard InChI is InChI=1S/C12H20N2O3S/c1-3-13-11-7-4-5-8-12(11)18(16,17)14(2)9-6-10-15/h4-5,7-8,13,15H,3,6,9-10H2,1-2H3. The van der Waals surface area contributed by atoms with Crippen molar-refractivity contribution in [1.82, 2.24) is 4.31 Å². The second-order valence-corrected chi connectivity index (χ2v) is 5.94.